The molecule has 0 saturated heterocycles. The van der Waals surface area contributed by atoms with E-state index in [0.29, 0.717) is 17.1 Å². The Bertz CT molecular complexity index is 1790. The third kappa shape index (κ3) is 4.83. The summed E-state index contributed by atoms with van der Waals surface area (Å²) in [5.74, 6) is -1.93. The van der Waals surface area contributed by atoms with E-state index in [4.69, 9.17) is 10.1 Å². The van der Waals surface area contributed by atoms with Gasteiger partial charge >= 0.3 is 6.18 Å². The second-order valence-corrected chi connectivity index (χ2v) is 9.55. The number of hydrogen-bond acceptors (Lipinski definition) is 3. The van der Waals surface area contributed by atoms with Crippen LogP contribution in [0.2, 0.25) is 0 Å². The van der Waals surface area contributed by atoms with Crippen molar-refractivity contribution in [3.63, 3.8) is 0 Å². The zero-order valence-electron chi connectivity index (χ0n) is 21.8. The summed E-state index contributed by atoms with van der Waals surface area (Å²) in [6.45, 7) is 0. The molecule has 0 aliphatic rings. The van der Waals surface area contributed by atoms with Gasteiger partial charge < -0.3 is 0 Å². The number of nitrogens with zero attached hydrogens (tertiary/aromatic N) is 4. The summed E-state index contributed by atoms with van der Waals surface area (Å²) in [5.41, 5.74) is 1.46. The third-order valence-corrected chi connectivity index (χ3v) is 7.07. The Balaban J connectivity index is 1.59. The van der Waals surface area contributed by atoms with Gasteiger partial charge in [-0.25, -0.2) is 4.68 Å². The van der Waals surface area contributed by atoms with E-state index in [9.17, 15) is 22.0 Å². The third-order valence-electron chi connectivity index (χ3n) is 7.07. The molecule has 0 atom stereocenters. The number of rotatable bonds is 6. The number of aromatic nitrogens is 4. The first kappa shape index (κ1) is 27.0. The molecule has 42 heavy (non-hydrogen) atoms. The van der Waals surface area contributed by atoms with Crippen molar-refractivity contribution in [1.82, 2.24) is 19.7 Å². The van der Waals surface area contributed by atoms with Crippen LogP contribution in [0.3, 0.4) is 0 Å². The molecule has 0 bridgehead atoms. The minimum atomic E-state index is -4.46. The molecule has 3 aromatic heterocycles. The molecular formula is C33H21F5N4. The maximum absolute atomic E-state index is 14.7. The van der Waals surface area contributed by atoms with Gasteiger partial charge in [0.25, 0.3) is 0 Å². The van der Waals surface area contributed by atoms with Gasteiger partial charge in [-0.15, -0.1) is 0 Å². The van der Waals surface area contributed by atoms with Gasteiger partial charge in [0.1, 0.15) is 5.41 Å². The predicted molar refractivity (Wildman–Crippen MR) is 148 cm³/mol. The molecule has 0 aliphatic heterocycles. The first-order valence-electron chi connectivity index (χ1n) is 12.9. The average molecular weight is 569 g/mol. The molecular weight excluding hydrogens is 547 g/mol. The second kappa shape index (κ2) is 10.7. The lowest BCUT2D eigenvalue weighted by molar-refractivity contribution is -0.137. The van der Waals surface area contributed by atoms with Crippen LogP contribution in [-0.2, 0) is 11.6 Å². The van der Waals surface area contributed by atoms with E-state index >= 15 is 0 Å². The van der Waals surface area contributed by atoms with Crippen LogP contribution in [0, 0.1) is 11.9 Å². The van der Waals surface area contributed by atoms with Crippen molar-refractivity contribution in [1.29, 1.82) is 0 Å². The van der Waals surface area contributed by atoms with Crippen LogP contribution < -0.4 is 0 Å². The molecule has 4 nitrogen and oxygen atoms in total. The van der Waals surface area contributed by atoms with Gasteiger partial charge in [0.2, 0.25) is 11.9 Å². The number of halogens is 5. The number of alkyl halides is 3. The molecule has 0 aliphatic carbocycles. The summed E-state index contributed by atoms with van der Waals surface area (Å²) in [5, 5.41) is 4.86. The molecule has 6 rings (SSSR count). The van der Waals surface area contributed by atoms with Crippen LogP contribution in [0.15, 0.2) is 128 Å². The van der Waals surface area contributed by atoms with Gasteiger partial charge in [-0.1, -0.05) is 66.7 Å². The molecule has 3 heterocycles. The van der Waals surface area contributed by atoms with E-state index in [-0.39, 0.29) is 11.3 Å². The van der Waals surface area contributed by atoms with Crippen molar-refractivity contribution in [3.8, 4) is 16.9 Å². The van der Waals surface area contributed by atoms with Gasteiger partial charge in [0, 0.05) is 6.20 Å². The van der Waals surface area contributed by atoms with Crippen LogP contribution in [0.5, 0.6) is 0 Å². The average Bonchev–Trinajstić information content (AvgIpc) is 3.49. The van der Waals surface area contributed by atoms with Crippen molar-refractivity contribution < 1.29 is 22.0 Å². The van der Waals surface area contributed by atoms with Crippen molar-refractivity contribution in [2.75, 3.05) is 0 Å². The Morgan fingerprint density at radius 2 is 1.19 bits per heavy atom. The van der Waals surface area contributed by atoms with Crippen molar-refractivity contribution >= 4 is 0 Å². The summed E-state index contributed by atoms with van der Waals surface area (Å²) < 4.78 is 69.3. The standard InChI is InChI=1S/C33H21F5N4/c34-30-19-18-26(31(35)40-30)27-12-7-13-28(39-27)32(22-8-3-1-4-9-22,23-10-5-2-6-11-23)29-20-21-42(41-29)25-16-14-24(15-17-25)33(36,37)38/h1-21H. The number of pyridine rings is 2. The van der Waals surface area contributed by atoms with E-state index in [1.807, 2.05) is 60.7 Å². The van der Waals surface area contributed by atoms with E-state index in [1.54, 1.807) is 30.5 Å². The van der Waals surface area contributed by atoms with E-state index in [2.05, 4.69) is 4.98 Å². The highest BCUT2D eigenvalue weighted by atomic mass is 19.4. The molecule has 3 aromatic carbocycles. The van der Waals surface area contributed by atoms with E-state index in [1.165, 1.54) is 22.9 Å². The Kier molecular flexibility index (Phi) is 6.86. The molecule has 0 saturated carbocycles. The summed E-state index contributed by atoms with van der Waals surface area (Å²) in [6.07, 6.45) is -2.79. The zero-order chi connectivity index (χ0) is 29.3. The lowest BCUT2D eigenvalue weighted by atomic mass is 9.69. The van der Waals surface area contributed by atoms with E-state index < -0.39 is 29.1 Å². The second-order valence-electron chi connectivity index (χ2n) is 9.55. The molecule has 0 amide bonds. The fraction of sp³-hybridized carbons (Fsp3) is 0.0606. The summed E-state index contributed by atoms with van der Waals surface area (Å²) in [6, 6.07) is 33.0. The molecule has 0 fully saturated rings. The van der Waals surface area contributed by atoms with Gasteiger partial charge in [0.15, 0.2) is 0 Å². The minimum Gasteiger partial charge on any atom is -0.251 e. The largest absolute Gasteiger partial charge is 0.416 e. The topological polar surface area (TPSA) is 43.6 Å². The lowest BCUT2D eigenvalue weighted by Gasteiger charge is -2.33. The molecule has 208 valence electrons. The summed E-state index contributed by atoms with van der Waals surface area (Å²) >= 11 is 0. The molecule has 9 heteroatoms. The highest BCUT2D eigenvalue weighted by molar-refractivity contribution is 5.62. The van der Waals surface area contributed by atoms with Crippen LogP contribution in [0.25, 0.3) is 16.9 Å². The highest BCUT2D eigenvalue weighted by Crippen LogP contribution is 2.44. The Morgan fingerprint density at radius 3 is 1.79 bits per heavy atom. The molecule has 0 radical (unpaired) electrons. The molecule has 6 aromatic rings. The molecule has 0 N–H and O–H groups in total. The maximum atomic E-state index is 14.7. The normalized spacial score (nSPS) is 11.9. The molecule has 0 spiro atoms. The van der Waals surface area contributed by atoms with Gasteiger partial charge in [-0.3, -0.25) is 4.98 Å². The van der Waals surface area contributed by atoms with Crippen molar-refractivity contribution in [3.05, 3.63) is 167 Å². The molecule has 0 unspecified atom stereocenters. The van der Waals surface area contributed by atoms with Crippen molar-refractivity contribution in [2.24, 2.45) is 0 Å². The predicted octanol–water partition coefficient (Wildman–Crippen LogP) is 8.01. The van der Waals surface area contributed by atoms with Crippen LogP contribution >= 0.6 is 0 Å². The van der Waals surface area contributed by atoms with Gasteiger partial charge in [0.05, 0.1) is 33.9 Å². The Labute approximate surface area is 237 Å². The SMILES string of the molecule is Fc1ccc(-c2cccc(C(c3ccccc3)(c3ccccc3)c3ccn(-c4ccc(C(F)(F)F)cc4)n3)n2)c(F)n1. The highest BCUT2D eigenvalue weighted by Gasteiger charge is 2.42. The van der Waals surface area contributed by atoms with Gasteiger partial charge in [-0.05, 0) is 65.7 Å². The maximum Gasteiger partial charge on any atom is 0.416 e. The summed E-state index contributed by atoms with van der Waals surface area (Å²) in [4.78, 5) is 8.19. The monoisotopic (exact) mass is 568 g/mol. The lowest BCUT2D eigenvalue weighted by Crippen LogP contribution is -2.33. The Hall–Kier alpha value is -5.18. The van der Waals surface area contributed by atoms with Crippen molar-refractivity contribution in [2.45, 2.75) is 11.6 Å². The first-order valence-corrected chi connectivity index (χ1v) is 12.9. The Morgan fingerprint density at radius 1 is 0.548 bits per heavy atom. The van der Waals surface area contributed by atoms with Crippen LogP contribution in [-0.4, -0.2) is 19.7 Å². The summed E-state index contributed by atoms with van der Waals surface area (Å²) in [7, 11) is 0. The van der Waals surface area contributed by atoms with E-state index in [0.717, 1.165) is 29.3 Å². The quantitative estimate of drug-likeness (QED) is 0.151. The fourth-order valence-electron chi connectivity index (χ4n) is 5.13. The van der Waals surface area contributed by atoms with Crippen LogP contribution in [0.4, 0.5) is 22.0 Å². The van der Waals surface area contributed by atoms with Crippen LogP contribution in [0.1, 0.15) is 28.1 Å². The number of hydrogen-bond donors (Lipinski definition) is 0. The minimum absolute atomic E-state index is 0.0311. The van der Waals surface area contributed by atoms with Gasteiger partial charge in [-0.2, -0.15) is 32.0 Å². The fourth-order valence-corrected chi connectivity index (χ4v) is 5.13. The zero-order valence-corrected chi connectivity index (χ0v) is 21.8. The smallest absolute Gasteiger partial charge is 0.251 e. The number of benzene rings is 3. The first-order chi connectivity index (χ1) is 20.3.